The molecule has 8 heteroatoms. The van der Waals surface area contributed by atoms with Crippen LogP contribution in [0, 0.1) is 17.8 Å². The van der Waals surface area contributed by atoms with Gasteiger partial charge in [-0.25, -0.2) is 13.1 Å². The fraction of sp³-hybridized carbons (Fsp3) is 0.692. The zero-order valence-electron chi connectivity index (χ0n) is 20.2. The summed E-state index contributed by atoms with van der Waals surface area (Å²) in [5, 5.41) is 0. The molecule has 1 atom stereocenters. The molecular formula is C26H37N3O4S. The molecule has 2 saturated carbocycles. The van der Waals surface area contributed by atoms with Gasteiger partial charge in [-0.1, -0.05) is 0 Å². The average Bonchev–Trinajstić information content (AvgIpc) is 3.65. The average molecular weight is 488 g/mol. The molecule has 0 radical (unpaired) electrons. The first kappa shape index (κ1) is 23.8. The number of carbonyl (C=O) groups excluding carboxylic acids is 2. The highest BCUT2D eigenvalue weighted by Crippen LogP contribution is 2.39. The second-order valence-electron chi connectivity index (χ2n) is 10.8. The summed E-state index contributed by atoms with van der Waals surface area (Å²) in [6.45, 7) is 4.22. The lowest BCUT2D eigenvalue weighted by Gasteiger charge is -2.34. The Morgan fingerprint density at radius 2 is 1.59 bits per heavy atom. The Hall–Kier alpha value is -1.93. The molecule has 186 valence electrons. The molecular weight excluding hydrogens is 450 g/mol. The van der Waals surface area contributed by atoms with E-state index in [-0.39, 0.29) is 34.6 Å². The fourth-order valence-corrected chi connectivity index (χ4v) is 7.10. The van der Waals surface area contributed by atoms with E-state index >= 15 is 0 Å². The highest BCUT2D eigenvalue weighted by Gasteiger charge is 2.40. The lowest BCUT2D eigenvalue weighted by atomic mass is 9.81. The molecule has 4 aliphatic rings. The molecule has 1 aromatic carbocycles. The van der Waals surface area contributed by atoms with Gasteiger partial charge < -0.3 is 9.80 Å². The summed E-state index contributed by atoms with van der Waals surface area (Å²) in [7, 11) is -3.62. The quantitative estimate of drug-likeness (QED) is 0.666. The molecule has 2 amide bonds. The third-order valence-electron chi connectivity index (χ3n) is 8.17. The Kier molecular flexibility index (Phi) is 6.73. The summed E-state index contributed by atoms with van der Waals surface area (Å²) in [6.07, 6.45) is 9.51. The molecule has 0 spiro atoms. The molecule has 1 N–H and O–H groups in total. The van der Waals surface area contributed by atoms with Gasteiger partial charge in [-0.15, -0.1) is 0 Å². The molecule has 2 aliphatic carbocycles. The maximum Gasteiger partial charge on any atom is 0.240 e. The maximum atomic E-state index is 13.0. The van der Waals surface area contributed by atoms with E-state index in [1.807, 2.05) is 16.7 Å². The van der Waals surface area contributed by atoms with Crippen molar-refractivity contribution in [1.29, 1.82) is 0 Å². The van der Waals surface area contributed by atoms with Gasteiger partial charge in [-0.3, -0.25) is 9.59 Å². The zero-order chi connectivity index (χ0) is 23.9. The van der Waals surface area contributed by atoms with Gasteiger partial charge in [-0.05, 0) is 101 Å². The van der Waals surface area contributed by atoms with E-state index in [0.29, 0.717) is 18.9 Å². The third-order valence-corrected chi connectivity index (χ3v) is 9.59. The number of piperidine rings is 1. The van der Waals surface area contributed by atoms with Crippen molar-refractivity contribution in [2.45, 2.75) is 82.1 Å². The van der Waals surface area contributed by atoms with Crippen molar-refractivity contribution >= 4 is 27.5 Å². The highest BCUT2D eigenvalue weighted by molar-refractivity contribution is 7.89. The monoisotopic (exact) mass is 487 g/mol. The zero-order valence-corrected chi connectivity index (χ0v) is 21.0. The van der Waals surface area contributed by atoms with E-state index in [4.69, 9.17) is 0 Å². The number of nitrogens with zero attached hydrogens (tertiary/aromatic N) is 2. The number of amides is 2. The molecule has 0 bridgehead atoms. The number of sulfonamides is 1. The molecule has 0 aromatic heterocycles. The fourth-order valence-electron chi connectivity index (χ4n) is 5.93. The number of rotatable bonds is 6. The van der Waals surface area contributed by atoms with Crippen LogP contribution in [0.15, 0.2) is 23.1 Å². The molecule has 3 fully saturated rings. The molecule has 5 rings (SSSR count). The number of benzene rings is 1. The van der Waals surface area contributed by atoms with Crippen LogP contribution in [0.2, 0.25) is 0 Å². The minimum absolute atomic E-state index is 0.0665. The Morgan fingerprint density at radius 1 is 0.941 bits per heavy atom. The lowest BCUT2D eigenvalue weighted by molar-refractivity contribution is -0.137. The Bertz CT molecular complexity index is 1040. The van der Waals surface area contributed by atoms with Crippen molar-refractivity contribution in [3.8, 4) is 0 Å². The smallest absolute Gasteiger partial charge is 0.240 e. The summed E-state index contributed by atoms with van der Waals surface area (Å²) in [4.78, 5) is 29.6. The number of hydrogen-bond acceptors (Lipinski definition) is 4. The van der Waals surface area contributed by atoms with Crippen molar-refractivity contribution in [3.63, 3.8) is 0 Å². The van der Waals surface area contributed by atoms with Gasteiger partial charge >= 0.3 is 0 Å². The van der Waals surface area contributed by atoms with Gasteiger partial charge in [0.05, 0.1) is 4.90 Å². The SMILES string of the molecule is C[C@H]1Cc2cc(S(=O)(=O)NCC3CCC(C(=O)N4CCCCC4)CC3)ccc2N1C(=O)C1CC1. The van der Waals surface area contributed by atoms with Gasteiger partial charge in [-0.2, -0.15) is 0 Å². The second-order valence-corrected chi connectivity index (χ2v) is 12.5. The van der Waals surface area contributed by atoms with Crippen molar-refractivity contribution in [2.75, 3.05) is 24.5 Å². The Labute approximate surface area is 203 Å². The minimum Gasteiger partial charge on any atom is -0.342 e. The number of fused-ring (bicyclic) bond motifs is 1. The van der Waals surface area contributed by atoms with Crippen molar-refractivity contribution in [3.05, 3.63) is 23.8 Å². The Balaban J connectivity index is 1.16. The van der Waals surface area contributed by atoms with Gasteiger partial charge in [0.1, 0.15) is 0 Å². The van der Waals surface area contributed by atoms with Crippen LogP contribution in [-0.2, 0) is 26.0 Å². The van der Waals surface area contributed by atoms with Gasteiger partial charge in [0, 0.05) is 43.2 Å². The molecule has 7 nitrogen and oxygen atoms in total. The summed E-state index contributed by atoms with van der Waals surface area (Å²) >= 11 is 0. The maximum absolute atomic E-state index is 13.0. The molecule has 1 saturated heterocycles. The molecule has 0 unspecified atom stereocenters. The van der Waals surface area contributed by atoms with E-state index in [1.165, 1.54) is 6.42 Å². The first-order chi connectivity index (χ1) is 16.3. The standard InChI is InChI=1S/C26H37N3O4S/c1-18-15-22-16-23(11-12-24(22)29(18)26(31)21-9-10-21)34(32,33)27-17-19-5-7-20(8-6-19)25(30)28-13-3-2-4-14-28/h11-12,16,18-21,27H,2-10,13-15,17H2,1H3/t18-,19?,20?/m0/s1. The summed E-state index contributed by atoms with van der Waals surface area (Å²) in [5.74, 6) is 0.991. The number of nitrogens with one attached hydrogen (secondary N) is 1. The minimum atomic E-state index is -3.62. The van der Waals surface area contributed by atoms with Crippen LogP contribution in [0.4, 0.5) is 5.69 Å². The van der Waals surface area contributed by atoms with Gasteiger partial charge in [0.15, 0.2) is 0 Å². The Morgan fingerprint density at radius 3 is 2.26 bits per heavy atom. The van der Waals surface area contributed by atoms with Gasteiger partial charge in [0.2, 0.25) is 21.8 Å². The predicted molar refractivity (Wildman–Crippen MR) is 131 cm³/mol. The van der Waals surface area contributed by atoms with E-state index < -0.39 is 10.0 Å². The molecule has 2 aliphatic heterocycles. The topological polar surface area (TPSA) is 86.8 Å². The lowest BCUT2D eigenvalue weighted by Crippen LogP contribution is -2.41. The van der Waals surface area contributed by atoms with E-state index in [9.17, 15) is 18.0 Å². The highest BCUT2D eigenvalue weighted by atomic mass is 32.2. The largest absolute Gasteiger partial charge is 0.342 e. The molecule has 2 heterocycles. The normalized spacial score (nSPS) is 27.5. The van der Waals surface area contributed by atoms with Crippen LogP contribution < -0.4 is 9.62 Å². The number of hydrogen-bond donors (Lipinski definition) is 1. The van der Waals surface area contributed by atoms with E-state index in [0.717, 1.165) is 75.7 Å². The van der Waals surface area contributed by atoms with E-state index in [2.05, 4.69) is 4.72 Å². The van der Waals surface area contributed by atoms with Crippen molar-refractivity contribution < 1.29 is 18.0 Å². The van der Waals surface area contributed by atoms with Gasteiger partial charge in [0.25, 0.3) is 0 Å². The molecule has 1 aromatic rings. The number of carbonyl (C=O) groups is 2. The van der Waals surface area contributed by atoms with Crippen LogP contribution in [0.1, 0.15) is 70.3 Å². The summed E-state index contributed by atoms with van der Waals surface area (Å²) in [6, 6.07) is 5.23. The van der Waals surface area contributed by atoms with E-state index in [1.54, 1.807) is 18.2 Å². The van der Waals surface area contributed by atoms with Crippen LogP contribution in [0.25, 0.3) is 0 Å². The van der Waals surface area contributed by atoms with Crippen molar-refractivity contribution in [1.82, 2.24) is 9.62 Å². The predicted octanol–water partition coefficient (Wildman–Crippen LogP) is 3.47. The van der Waals surface area contributed by atoms with Crippen LogP contribution in [0.5, 0.6) is 0 Å². The summed E-state index contributed by atoms with van der Waals surface area (Å²) in [5.41, 5.74) is 1.79. The van der Waals surface area contributed by atoms with Crippen LogP contribution >= 0.6 is 0 Å². The number of anilines is 1. The first-order valence-electron chi connectivity index (χ1n) is 13.1. The first-order valence-corrected chi connectivity index (χ1v) is 14.6. The van der Waals surface area contributed by atoms with Crippen LogP contribution in [0.3, 0.4) is 0 Å². The number of likely N-dealkylation sites (tertiary alicyclic amines) is 1. The van der Waals surface area contributed by atoms with Crippen molar-refractivity contribution in [2.24, 2.45) is 17.8 Å². The van der Waals surface area contributed by atoms with Crippen LogP contribution in [-0.4, -0.2) is 50.8 Å². The summed E-state index contributed by atoms with van der Waals surface area (Å²) < 4.78 is 28.8. The third kappa shape index (κ3) is 4.89. The molecule has 34 heavy (non-hydrogen) atoms. The second kappa shape index (κ2) is 9.61.